The van der Waals surface area contributed by atoms with Crippen LogP contribution in [0.4, 0.5) is 0 Å². The van der Waals surface area contributed by atoms with Crippen LogP contribution >= 0.6 is 11.3 Å². The summed E-state index contributed by atoms with van der Waals surface area (Å²) < 4.78 is 1.51. The molecule has 0 fully saturated rings. The summed E-state index contributed by atoms with van der Waals surface area (Å²) in [6, 6.07) is 7.42. The van der Waals surface area contributed by atoms with Crippen molar-refractivity contribution < 1.29 is 4.79 Å². The molecule has 0 aliphatic carbocycles. The van der Waals surface area contributed by atoms with Crippen molar-refractivity contribution >= 4 is 17.1 Å². The minimum absolute atomic E-state index is 0.0303. The zero-order valence-corrected chi connectivity index (χ0v) is 10.6. The lowest BCUT2D eigenvalue weighted by Gasteiger charge is -2.04. The van der Waals surface area contributed by atoms with Gasteiger partial charge >= 0.3 is 4.87 Å². The molecule has 0 aliphatic heterocycles. The summed E-state index contributed by atoms with van der Waals surface area (Å²) in [5.41, 5.74) is 2.54. The third-order valence-corrected chi connectivity index (χ3v) is 3.50. The summed E-state index contributed by atoms with van der Waals surface area (Å²) in [6.45, 7) is 3.90. The van der Waals surface area contributed by atoms with Gasteiger partial charge in [0.1, 0.15) is 0 Å². The maximum atomic E-state index is 12.0. The first-order chi connectivity index (χ1) is 8.08. The second-order valence-corrected chi connectivity index (χ2v) is 4.84. The van der Waals surface area contributed by atoms with Gasteiger partial charge in [-0.1, -0.05) is 35.1 Å². The molecule has 1 heterocycles. The Kier molecular flexibility index (Phi) is 3.24. The van der Waals surface area contributed by atoms with Gasteiger partial charge in [-0.05, 0) is 19.9 Å². The number of hydrogen-bond donors (Lipinski definition) is 0. The maximum Gasteiger partial charge on any atom is 0.307 e. The molecule has 0 aliphatic rings. The fourth-order valence-electron chi connectivity index (χ4n) is 1.65. The van der Waals surface area contributed by atoms with Crippen molar-refractivity contribution in [2.75, 3.05) is 0 Å². The van der Waals surface area contributed by atoms with Gasteiger partial charge in [0.25, 0.3) is 0 Å². The quantitative estimate of drug-likeness (QED) is 0.781. The molecule has 2 rings (SSSR count). The lowest BCUT2D eigenvalue weighted by atomic mass is 10.1. The fraction of sp³-hybridized carbons (Fsp3) is 0.231. The number of ketones is 1. The normalized spacial score (nSPS) is 10.5. The van der Waals surface area contributed by atoms with Crippen LogP contribution in [0.2, 0.25) is 0 Å². The van der Waals surface area contributed by atoms with Crippen molar-refractivity contribution in [2.24, 2.45) is 0 Å². The van der Waals surface area contributed by atoms with Crippen LogP contribution in [0.5, 0.6) is 0 Å². The van der Waals surface area contributed by atoms with E-state index in [1.807, 2.05) is 32.0 Å². The Hall–Kier alpha value is -1.68. The first-order valence-corrected chi connectivity index (χ1v) is 6.20. The number of thiazole rings is 1. The van der Waals surface area contributed by atoms with E-state index in [1.54, 1.807) is 11.4 Å². The molecule has 4 heteroatoms. The number of benzene rings is 1. The Morgan fingerprint density at radius 1 is 1.35 bits per heavy atom. The maximum absolute atomic E-state index is 12.0. The molecule has 0 saturated heterocycles. The van der Waals surface area contributed by atoms with Gasteiger partial charge in [0, 0.05) is 16.6 Å². The van der Waals surface area contributed by atoms with Crippen molar-refractivity contribution in [3.8, 4) is 0 Å². The minimum atomic E-state index is -0.0801. The van der Waals surface area contributed by atoms with Crippen LogP contribution in [0, 0.1) is 13.8 Å². The average molecular weight is 247 g/mol. The molecule has 0 N–H and O–H groups in total. The van der Waals surface area contributed by atoms with E-state index in [2.05, 4.69) is 0 Å². The lowest BCUT2D eigenvalue weighted by molar-refractivity contribution is 0.0970. The number of nitrogens with zero attached hydrogens (tertiary/aromatic N) is 1. The molecule has 1 aromatic carbocycles. The van der Waals surface area contributed by atoms with Crippen LogP contribution in [-0.2, 0) is 6.54 Å². The molecule has 3 nitrogen and oxygen atoms in total. The SMILES string of the molecule is Cc1cccc(C(=O)Cn2c(C)csc2=O)c1. The Balaban J connectivity index is 2.26. The van der Waals surface area contributed by atoms with Crippen molar-refractivity contribution in [2.45, 2.75) is 20.4 Å². The molecule has 0 radical (unpaired) electrons. The van der Waals surface area contributed by atoms with Gasteiger partial charge in [-0.25, -0.2) is 0 Å². The molecule has 88 valence electrons. The van der Waals surface area contributed by atoms with E-state index in [9.17, 15) is 9.59 Å². The second kappa shape index (κ2) is 4.67. The average Bonchev–Trinajstić information content (AvgIpc) is 2.61. The van der Waals surface area contributed by atoms with E-state index < -0.39 is 0 Å². The Morgan fingerprint density at radius 2 is 2.12 bits per heavy atom. The van der Waals surface area contributed by atoms with Gasteiger partial charge in [0.15, 0.2) is 5.78 Å². The van der Waals surface area contributed by atoms with Crippen LogP contribution < -0.4 is 4.87 Å². The molecule has 2 aromatic rings. The topological polar surface area (TPSA) is 39.1 Å². The van der Waals surface area contributed by atoms with E-state index in [1.165, 1.54) is 4.57 Å². The monoisotopic (exact) mass is 247 g/mol. The standard InChI is InChI=1S/C13H13NO2S/c1-9-4-3-5-11(6-9)12(15)7-14-10(2)8-17-13(14)16/h3-6,8H,7H2,1-2H3. The van der Waals surface area contributed by atoms with Crippen LogP contribution in [0.3, 0.4) is 0 Å². The highest BCUT2D eigenvalue weighted by Gasteiger charge is 2.10. The van der Waals surface area contributed by atoms with Gasteiger partial charge in [-0.3, -0.25) is 14.2 Å². The molecular formula is C13H13NO2S. The zero-order chi connectivity index (χ0) is 12.4. The number of Topliss-reactive ketones (excluding diaryl/α,β-unsaturated/α-hetero) is 1. The highest BCUT2D eigenvalue weighted by Crippen LogP contribution is 2.07. The molecule has 1 aromatic heterocycles. The van der Waals surface area contributed by atoms with Gasteiger partial charge < -0.3 is 0 Å². The van der Waals surface area contributed by atoms with Crippen LogP contribution in [-0.4, -0.2) is 10.4 Å². The molecule has 0 saturated carbocycles. The second-order valence-electron chi connectivity index (χ2n) is 4.02. The van der Waals surface area contributed by atoms with E-state index in [0.717, 1.165) is 22.6 Å². The number of aromatic nitrogens is 1. The van der Waals surface area contributed by atoms with Crippen LogP contribution in [0.25, 0.3) is 0 Å². The largest absolute Gasteiger partial charge is 0.307 e. The van der Waals surface area contributed by atoms with Crippen LogP contribution in [0.15, 0.2) is 34.4 Å². The Bertz CT molecular complexity index is 610. The van der Waals surface area contributed by atoms with E-state index in [4.69, 9.17) is 0 Å². The summed E-state index contributed by atoms with van der Waals surface area (Å²) in [5.74, 6) is -0.0303. The molecule has 17 heavy (non-hydrogen) atoms. The molecule has 0 spiro atoms. The van der Waals surface area contributed by atoms with E-state index >= 15 is 0 Å². The van der Waals surface area contributed by atoms with Gasteiger partial charge in [-0.15, -0.1) is 0 Å². The summed E-state index contributed by atoms with van der Waals surface area (Å²) in [7, 11) is 0. The van der Waals surface area contributed by atoms with Gasteiger partial charge in [0.2, 0.25) is 0 Å². The van der Waals surface area contributed by atoms with Crippen LogP contribution in [0.1, 0.15) is 21.6 Å². The number of hydrogen-bond acceptors (Lipinski definition) is 3. The molecule has 0 unspecified atom stereocenters. The van der Waals surface area contributed by atoms with Crippen molar-refractivity contribution in [1.29, 1.82) is 0 Å². The van der Waals surface area contributed by atoms with Crippen molar-refractivity contribution in [3.05, 3.63) is 56.1 Å². The number of carbonyl (C=O) groups excluding carboxylic acids is 1. The Morgan fingerprint density at radius 3 is 2.71 bits per heavy atom. The summed E-state index contributed by atoms with van der Waals surface area (Å²) in [5, 5.41) is 1.77. The Labute approximate surface area is 103 Å². The van der Waals surface area contributed by atoms with Crippen molar-refractivity contribution in [3.63, 3.8) is 0 Å². The lowest BCUT2D eigenvalue weighted by Crippen LogP contribution is -2.20. The fourth-order valence-corrected chi connectivity index (χ4v) is 2.38. The molecular weight excluding hydrogens is 234 g/mol. The first-order valence-electron chi connectivity index (χ1n) is 5.33. The van der Waals surface area contributed by atoms with Crippen molar-refractivity contribution in [1.82, 2.24) is 4.57 Å². The number of rotatable bonds is 3. The minimum Gasteiger partial charge on any atom is -0.296 e. The third-order valence-electron chi connectivity index (χ3n) is 2.62. The molecule has 0 amide bonds. The van der Waals surface area contributed by atoms with Gasteiger partial charge in [-0.2, -0.15) is 0 Å². The zero-order valence-electron chi connectivity index (χ0n) is 9.77. The smallest absolute Gasteiger partial charge is 0.296 e. The van der Waals surface area contributed by atoms with E-state index in [-0.39, 0.29) is 17.2 Å². The predicted octanol–water partition coefficient (Wildman–Crippen LogP) is 2.41. The predicted molar refractivity (Wildman–Crippen MR) is 68.8 cm³/mol. The molecule has 0 atom stereocenters. The highest BCUT2D eigenvalue weighted by molar-refractivity contribution is 7.07. The van der Waals surface area contributed by atoms with E-state index in [0.29, 0.717) is 5.56 Å². The summed E-state index contributed by atoms with van der Waals surface area (Å²) in [6.07, 6.45) is 0. The highest BCUT2D eigenvalue weighted by atomic mass is 32.1. The number of carbonyl (C=O) groups is 1. The molecule has 0 bridgehead atoms. The third kappa shape index (κ3) is 2.53. The summed E-state index contributed by atoms with van der Waals surface area (Å²) in [4.78, 5) is 23.4. The first kappa shape index (κ1) is 11.8. The van der Waals surface area contributed by atoms with Gasteiger partial charge in [0.05, 0.1) is 6.54 Å². The number of aryl methyl sites for hydroxylation is 2. The summed E-state index contributed by atoms with van der Waals surface area (Å²) >= 11 is 1.13.